The third-order valence-corrected chi connectivity index (χ3v) is 1.19. The van der Waals surface area contributed by atoms with Crippen molar-refractivity contribution in [1.82, 2.24) is 9.59 Å². The van der Waals surface area contributed by atoms with Crippen LogP contribution < -0.4 is 0 Å². The second kappa shape index (κ2) is 3.13. The maximum atomic E-state index is 4.42. The lowest BCUT2D eigenvalue weighted by atomic mass is 10.6. The van der Waals surface area contributed by atoms with E-state index < -0.39 is 0 Å². The zero-order chi connectivity index (χ0) is 6.53. The Kier molecular flexibility index (Phi) is 2.14. The number of oxime groups is 1. The van der Waals surface area contributed by atoms with Gasteiger partial charge in [-0.1, -0.05) is 9.64 Å². The van der Waals surface area contributed by atoms with Crippen LogP contribution in [0.2, 0.25) is 0 Å². The summed E-state index contributed by atoms with van der Waals surface area (Å²) < 4.78 is 3.62. The molecule has 0 spiro atoms. The quantitative estimate of drug-likeness (QED) is 0.448. The van der Waals surface area contributed by atoms with Gasteiger partial charge >= 0.3 is 0 Å². The van der Waals surface area contributed by atoms with Gasteiger partial charge in [0.1, 0.15) is 12.8 Å². The van der Waals surface area contributed by atoms with Gasteiger partial charge in [-0.25, -0.2) is 0 Å². The van der Waals surface area contributed by atoms with Crippen LogP contribution in [-0.2, 0) is 4.84 Å². The zero-order valence-electron chi connectivity index (χ0n) is 4.81. The van der Waals surface area contributed by atoms with Crippen molar-refractivity contribution in [3.05, 3.63) is 11.1 Å². The van der Waals surface area contributed by atoms with E-state index in [1.165, 1.54) is 24.9 Å². The van der Waals surface area contributed by atoms with Crippen molar-refractivity contribution < 1.29 is 4.84 Å². The minimum Gasteiger partial charge on any atom is -0.399 e. The van der Waals surface area contributed by atoms with Gasteiger partial charge in [-0.3, -0.25) is 0 Å². The van der Waals surface area contributed by atoms with Crippen LogP contribution in [0.1, 0.15) is 5.69 Å². The van der Waals surface area contributed by atoms with Gasteiger partial charge in [0.25, 0.3) is 0 Å². The van der Waals surface area contributed by atoms with Crippen LogP contribution in [0, 0.1) is 0 Å². The molecule has 0 unspecified atom stereocenters. The van der Waals surface area contributed by atoms with E-state index in [9.17, 15) is 0 Å². The highest BCUT2D eigenvalue weighted by Gasteiger charge is 1.87. The molecule has 0 amide bonds. The van der Waals surface area contributed by atoms with Crippen LogP contribution in [0.25, 0.3) is 0 Å². The van der Waals surface area contributed by atoms with E-state index in [-0.39, 0.29) is 0 Å². The molecule has 4 nitrogen and oxygen atoms in total. The van der Waals surface area contributed by atoms with Crippen molar-refractivity contribution in [3.63, 3.8) is 0 Å². The molecule has 9 heavy (non-hydrogen) atoms. The van der Waals surface area contributed by atoms with E-state index in [0.29, 0.717) is 0 Å². The molecule has 1 aromatic heterocycles. The smallest absolute Gasteiger partial charge is 0.120 e. The molecular formula is C4H5N3OS. The van der Waals surface area contributed by atoms with Crippen molar-refractivity contribution in [2.75, 3.05) is 7.11 Å². The van der Waals surface area contributed by atoms with E-state index in [4.69, 9.17) is 0 Å². The van der Waals surface area contributed by atoms with Crippen molar-refractivity contribution in [3.8, 4) is 0 Å². The van der Waals surface area contributed by atoms with Crippen molar-refractivity contribution in [2.24, 2.45) is 5.16 Å². The van der Waals surface area contributed by atoms with Gasteiger partial charge in [0.2, 0.25) is 0 Å². The molecule has 5 heteroatoms. The first-order valence-electron chi connectivity index (χ1n) is 2.27. The van der Waals surface area contributed by atoms with Crippen LogP contribution in [0.4, 0.5) is 0 Å². The average molecular weight is 143 g/mol. The monoisotopic (exact) mass is 143 g/mol. The molecule has 0 atom stereocenters. The number of aromatic nitrogens is 2. The summed E-state index contributed by atoms with van der Waals surface area (Å²) in [4.78, 5) is 4.42. The molecular weight excluding hydrogens is 138 g/mol. The second-order valence-electron chi connectivity index (χ2n) is 1.25. The minimum atomic E-state index is 0.724. The predicted octanol–water partition coefficient (Wildman–Crippen LogP) is 0.518. The van der Waals surface area contributed by atoms with E-state index in [1.54, 1.807) is 5.38 Å². The molecule has 0 aliphatic rings. The lowest BCUT2D eigenvalue weighted by Crippen LogP contribution is -1.80. The van der Waals surface area contributed by atoms with Crippen molar-refractivity contribution in [2.45, 2.75) is 0 Å². The topological polar surface area (TPSA) is 47.4 Å². The lowest BCUT2D eigenvalue weighted by molar-refractivity contribution is 0.215. The highest BCUT2D eigenvalue weighted by molar-refractivity contribution is 7.03. The van der Waals surface area contributed by atoms with Crippen molar-refractivity contribution >= 4 is 17.7 Å². The first kappa shape index (κ1) is 6.15. The van der Waals surface area contributed by atoms with Crippen LogP contribution in [0.5, 0.6) is 0 Å². The van der Waals surface area contributed by atoms with Gasteiger partial charge in [-0.05, 0) is 11.5 Å². The Morgan fingerprint density at radius 1 is 1.89 bits per heavy atom. The van der Waals surface area contributed by atoms with Gasteiger partial charge in [-0.15, -0.1) is 5.10 Å². The Bertz CT molecular complexity index is 184. The largest absolute Gasteiger partial charge is 0.399 e. The SMILES string of the molecule is CO/N=C/c1csnn1. The maximum absolute atomic E-state index is 4.42. The summed E-state index contributed by atoms with van der Waals surface area (Å²) in [5.74, 6) is 0. The van der Waals surface area contributed by atoms with Crippen LogP contribution >= 0.6 is 11.5 Å². The Labute approximate surface area is 56.3 Å². The summed E-state index contributed by atoms with van der Waals surface area (Å²) in [7, 11) is 1.48. The number of nitrogens with zero attached hydrogens (tertiary/aromatic N) is 3. The molecule has 48 valence electrons. The average Bonchev–Trinajstić information content (AvgIpc) is 2.34. The van der Waals surface area contributed by atoms with Gasteiger partial charge in [0.15, 0.2) is 0 Å². The number of rotatable bonds is 2. The number of hydrogen-bond donors (Lipinski definition) is 0. The molecule has 0 N–H and O–H groups in total. The molecule has 0 aliphatic carbocycles. The van der Waals surface area contributed by atoms with Crippen LogP contribution in [0.15, 0.2) is 10.5 Å². The first-order valence-corrected chi connectivity index (χ1v) is 3.10. The number of hydrogen-bond acceptors (Lipinski definition) is 5. The standard InChI is InChI=1S/C4H5N3OS/c1-8-5-2-4-3-9-7-6-4/h2-3H,1H3/b5-2+. The van der Waals surface area contributed by atoms with Gasteiger partial charge in [-0.2, -0.15) is 0 Å². The fraction of sp³-hybridized carbons (Fsp3) is 0.250. The molecule has 0 aromatic carbocycles. The summed E-state index contributed by atoms with van der Waals surface area (Å²) in [6.07, 6.45) is 1.50. The third kappa shape index (κ3) is 1.77. The third-order valence-electron chi connectivity index (χ3n) is 0.667. The normalized spacial score (nSPS) is 10.3. The summed E-state index contributed by atoms with van der Waals surface area (Å²) in [5, 5.41) is 8.97. The maximum Gasteiger partial charge on any atom is 0.120 e. The van der Waals surface area contributed by atoms with E-state index >= 15 is 0 Å². The molecule has 0 radical (unpaired) electrons. The Hall–Kier alpha value is -0.970. The molecule has 0 bridgehead atoms. The highest BCUT2D eigenvalue weighted by Crippen LogP contribution is 1.91. The fourth-order valence-electron chi connectivity index (χ4n) is 0.335. The van der Waals surface area contributed by atoms with E-state index in [2.05, 4.69) is 19.6 Å². The van der Waals surface area contributed by atoms with E-state index in [0.717, 1.165) is 5.69 Å². The molecule has 0 saturated carbocycles. The predicted molar refractivity (Wildman–Crippen MR) is 34.5 cm³/mol. The summed E-state index contributed by atoms with van der Waals surface area (Å²) in [6.45, 7) is 0. The van der Waals surface area contributed by atoms with Gasteiger partial charge in [0, 0.05) is 5.38 Å². The summed E-state index contributed by atoms with van der Waals surface area (Å²) in [5.41, 5.74) is 0.724. The first-order chi connectivity index (χ1) is 4.43. The molecule has 1 aromatic rings. The molecule has 1 rings (SSSR count). The zero-order valence-corrected chi connectivity index (χ0v) is 5.63. The Morgan fingerprint density at radius 3 is 3.33 bits per heavy atom. The summed E-state index contributed by atoms with van der Waals surface area (Å²) in [6, 6.07) is 0. The van der Waals surface area contributed by atoms with Gasteiger partial charge in [0.05, 0.1) is 6.21 Å². The molecule has 0 aliphatic heterocycles. The second-order valence-corrected chi connectivity index (χ2v) is 1.86. The minimum absolute atomic E-state index is 0.724. The van der Waals surface area contributed by atoms with Crippen LogP contribution in [-0.4, -0.2) is 22.9 Å². The van der Waals surface area contributed by atoms with Crippen molar-refractivity contribution in [1.29, 1.82) is 0 Å². The summed E-state index contributed by atoms with van der Waals surface area (Å²) >= 11 is 1.28. The Balaban J connectivity index is 2.57. The van der Waals surface area contributed by atoms with Crippen LogP contribution in [0.3, 0.4) is 0 Å². The molecule has 1 heterocycles. The van der Waals surface area contributed by atoms with Gasteiger partial charge < -0.3 is 4.84 Å². The molecule has 0 saturated heterocycles. The highest BCUT2D eigenvalue weighted by atomic mass is 32.1. The fourth-order valence-corrected chi connectivity index (χ4v) is 0.739. The molecule has 0 fully saturated rings. The Morgan fingerprint density at radius 2 is 2.78 bits per heavy atom. The lowest BCUT2D eigenvalue weighted by Gasteiger charge is -1.79. The van der Waals surface area contributed by atoms with E-state index in [1.807, 2.05) is 0 Å².